The van der Waals surface area contributed by atoms with Crippen molar-refractivity contribution in [1.82, 2.24) is 0 Å². The number of fused-ring (bicyclic) bond motifs is 1. The fourth-order valence-corrected chi connectivity index (χ4v) is 6.99. The lowest BCUT2D eigenvalue weighted by atomic mass is 9.50. The zero-order chi connectivity index (χ0) is 17.5. The standard InChI is InChI=1S/C16H22F2O5S/c1-2-3-11-10-4-9-5-12(10)15(11)7-14(15,6-9)8-23-13(19)16(17,18)24(20,21)22/h9-12H,2-8H2,1H3,(H,20,21,22). The van der Waals surface area contributed by atoms with Crippen LogP contribution in [0.5, 0.6) is 0 Å². The minimum absolute atomic E-state index is 0.119. The molecule has 0 heterocycles. The summed E-state index contributed by atoms with van der Waals surface area (Å²) in [6, 6.07) is 0. The van der Waals surface area contributed by atoms with Gasteiger partial charge in [0.2, 0.25) is 0 Å². The quantitative estimate of drug-likeness (QED) is 0.579. The Bertz CT molecular complexity index is 693. The third-order valence-electron chi connectivity index (χ3n) is 7.36. The number of carbonyl (C=O) groups is 1. The van der Waals surface area contributed by atoms with E-state index in [0.717, 1.165) is 31.6 Å². The van der Waals surface area contributed by atoms with E-state index in [4.69, 9.17) is 9.29 Å². The van der Waals surface area contributed by atoms with Crippen LogP contribution in [0.4, 0.5) is 8.78 Å². The first-order chi connectivity index (χ1) is 11.1. The molecule has 4 rings (SSSR count). The highest BCUT2D eigenvalue weighted by atomic mass is 32.2. The Morgan fingerprint density at radius 1 is 1.38 bits per heavy atom. The van der Waals surface area contributed by atoms with Crippen molar-refractivity contribution < 1.29 is 31.3 Å². The zero-order valence-corrected chi connectivity index (χ0v) is 14.3. The predicted molar refractivity (Wildman–Crippen MR) is 79.7 cm³/mol. The van der Waals surface area contributed by atoms with Gasteiger partial charge in [-0.2, -0.15) is 17.2 Å². The number of halogens is 2. The molecule has 6 unspecified atom stereocenters. The summed E-state index contributed by atoms with van der Waals surface area (Å²) in [6.45, 7) is 1.99. The second kappa shape index (κ2) is 4.69. The summed E-state index contributed by atoms with van der Waals surface area (Å²) in [7, 11) is -5.80. The van der Waals surface area contributed by atoms with Crippen molar-refractivity contribution in [2.24, 2.45) is 34.5 Å². The van der Waals surface area contributed by atoms with E-state index in [1.54, 1.807) is 0 Å². The first kappa shape index (κ1) is 16.7. The maximum atomic E-state index is 13.4. The van der Waals surface area contributed by atoms with Crippen LogP contribution in [0, 0.1) is 34.5 Å². The molecule has 6 atom stereocenters. The summed E-state index contributed by atoms with van der Waals surface area (Å²) in [6.07, 6.45) is 6.36. The summed E-state index contributed by atoms with van der Waals surface area (Å²) in [4.78, 5) is 11.5. The average molecular weight is 364 g/mol. The van der Waals surface area contributed by atoms with E-state index in [2.05, 4.69) is 6.92 Å². The van der Waals surface area contributed by atoms with Crippen LogP contribution in [0.15, 0.2) is 0 Å². The number of alkyl halides is 2. The number of rotatable bonds is 6. The molecular formula is C16H22F2O5S. The van der Waals surface area contributed by atoms with Crippen LogP contribution in [0.3, 0.4) is 0 Å². The fourth-order valence-electron chi connectivity index (χ4n) is 6.72. The van der Waals surface area contributed by atoms with Gasteiger partial charge in [-0.3, -0.25) is 4.55 Å². The Balaban J connectivity index is 1.50. The molecule has 5 nitrogen and oxygen atoms in total. The lowest BCUT2D eigenvalue weighted by Crippen LogP contribution is -2.50. The van der Waals surface area contributed by atoms with Crippen molar-refractivity contribution in [3.8, 4) is 0 Å². The maximum absolute atomic E-state index is 13.4. The molecule has 0 saturated heterocycles. The van der Waals surface area contributed by atoms with Gasteiger partial charge in [-0.15, -0.1) is 0 Å². The van der Waals surface area contributed by atoms with Crippen LogP contribution in [0.25, 0.3) is 0 Å². The van der Waals surface area contributed by atoms with Gasteiger partial charge in [0.25, 0.3) is 0 Å². The molecule has 4 aliphatic rings. The van der Waals surface area contributed by atoms with Gasteiger partial charge >= 0.3 is 21.3 Å². The Labute approximate surface area is 139 Å². The minimum atomic E-state index is -5.80. The van der Waals surface area contributed by atoms with Gasteiger partial charge in [0, 0.05) is 5.41 Å². The molecule has 0 aromatic rings. The SMILES string of the molecule is CCCC1C2CC3CC2C12CC2(COC(=O)C(F)(F)S(=O)(=O)O)C3. The zero-order valence-electron chi connectivity index (χ0n) is 13.5. The van der Waals surface area contributed by atoms with Crippen LogP contribution in [0.2, 0.25) is 0 Å². The van der Waals surface area contributed by atoms with Crippen molar-refractivity contribution in [2.45, 2.75) is 50.7 Å². The lowest BCUT2D eigenvalue weighted by molar-refractivity contribution is -0.167. The number of esters is 1. The van der Waals surface area contributed by atoms with Gasteiger partial charge in [-0.1, -0.05) is 13.3 Å². The third kappa shape index (κ3) is 1.81. The van der Waals surface area contributed by atoms with Crippen molar-refractivity contribution in [1.29, 1.82) is 0 Å². The topological polar surface area (TPSA) is 80.7 Å². The Hall–Kier alpha value is -0.760. The predicted octanol–water partition coefficient (Wildman–Crippen LogP) is 2.86. The molecule has 0 aromatic carbocycles. The molecule has 4 aliphatic carbocycles. The van der Waals surface area contributed by atoms with E-state index in [1.807, 2.05) is 0 Å². The second-order valence-electron chi connectivity index (χ2n) is 8.27. The molecule has 2 bridgehead atoms. The van der Waals surface area contributed by atoms with Gasteiger partial charge in [-0.05, 0) is 61.2 Å². The largest absolute Gasteiger partial charge is 0.465 e. The monoisotopic (exact) mass is 364 g/mol. The molecule has 0 radical (unpaired) electrons. The van der Waals surface area contributed by atoms with E-state index in [1.165, 1.54) is 12.8 Å². The van der Waals surface area contributed by atoms with Gasteiger partial charge < -0.3 is 4.74 Å². The summed E-state index contributed by atoms with van der Waals surface area (Å²) in [5.74, 6) is 0.337. The highest BCUT2D eigenvalue weighted by Crippen LogP contribution is 2.89. The van der Waals surface area contributed by atoms with Crippen LogP contribution in [-0.4, -0.2) is 30.8 Å². The Morgan fingerprint density at radius 3 is 2.71 bits per heavy atom. The van der Waals surface area contributed by atoms with Crippen molar-refractivity contribution in [3.05, 3.63) is 0 Å². The molecule has 0 amide bonds. The highest BCUT2D eigenvalue weighted by molar-refractivity contribution is 7.87. The van der Waals surface area contributed by atoms with Crippen LogP contribution < -0.4 is 0 Å². The molecule has 1 spiro atoms. The minimum Gasteiger partial charge on any atom is -0.460 e. The summed E-state index contributed by atoms with van der Waals surface area (Å²) in [5, 5.41) is -4.90. The molecule has 0 aromatic heterocycles. The van der Waals surface area contributed by atoms with Gasteiger partial charge in [0.05, 0.1) is 6.61 Å². The first-order valence-electron chi connectivity index (χ1n) is 8.61. The van der Waals surface area contributed by atoms with Crippen molar-refractivity contribution >= 4 is 16.1 Å². The molecule has 4 saturated carbocycles. The van der Waals surface area contributed by atoms with Crippen LogP contribution >= 0.6 is 0 Å². The lowest BCUT2D eigenvalue weighted by Gasteiger charge is -2.54. The Morgan fingerprint density at radius 2 is 2.08 bits per heavy atom. The fraction of sp³-hybridized carbons (Fsp3) is 0.938. The van der Waals surface area contributed by atoms with E-state index in [-0.39, 0.29) is 17.4 Å². The number of hydrogen-bond donors (Lipinski definition) is 1. The first-order valence-corrected chi connectivity index (χ1v) is 10.0. The van der Waals surface area contributed by atoms with Crippen LogP contribution in [-0.2, 0) is 19.6 Å². The molecule has 1 N–H and O–H groups in total. The second-order valence-corrected chi connectivity index (χ2v) is 9.74. The molecule has 24 heavy (non-hydrogen) atoms. The van der Waals surface area contributed by atoms with Gasteiger partial charge in [0.15, 0.2) is 0 Å². The molecule has 136 valence electrons. The number of carbonyl (C=O) groups excluding carboxylic acids is 1. The summed E-state index contributed by atoms with van der Waals surface area (Å²) in [5.41, 5.74) is -0.132. The normalized spacial score (nSPS) is 45.3. The molecular weight excluding hydrogens is 342 g/mol. The van der Waals surface area contributed by atoms with E-state index >= 15 is 0 Å². The van der Waals surface area contributed by atoms with E-state index in [9.17, 15) is 22.0 Å². The maximum Gasteiger partial charge on any atom is 0.465 e. The van der Waals surface area contributed by atoms with E-state index in [0.29, 0.717) is 17.8 Å². The van der Waals surface area contributed by atoms with Gasteiger partial charge in [-0.25, -0.2) is 4.79 Å². The van der Waals surface area contributed by atoms with E-state index < -0.39 is 21.3 Å². The smallest absolute Gasteiger partial charge is 0.460 e. The van der Waals surface area contributed by atoms with Gasteiger partial charge in [0.1, 0.15) is 0 Å². The number of ether oxygens (including phenoxy) is 1. The van der Waals surface area contributed by atoms with Crippen LogP contribution in [0.1, 0.15) is 45.4 Å². The molecule has 0 aliphatic heterocycles. The summed E-state index contributed by atoms with van der Waals surface area (Å²) < 4.78 is 61.3. The molecule has 4 fully saturated rings. The van der Waals surface area contributed by atoms with Crippen molar-refractivity contribution in [3.63, 3.8) is 0 Å². The van der Waals surface area contributed by atoms with Crippen molar-refractivity contribution in [2.75, 3.05) is 6.61 Å². The third-order valence-corrected chi connectivity index (χ3v) is 8.18. The summed E-state index contributed by atoms with van der Waals surface area (Å²) >= 11 is 0. The Kier molecular flexibility index (Phi) is 3.26. The number of hydrogen-bond acceptors (Lipinski definition) is 4. The molecule has 8 heteroatoms. The average Bonchev–Trinajstić information content (AvgIpc) is 3.09. The highest BCUT2D eigenvalue weighted by Gasteiger charge is 2.84.